The van der Waals surface area contributed by atoms with E-state index in [1.165, 1.54) is 11.0 Å². The predicted octanol–water partition coefficient (Wildman–Crippen LogP) is 1.75. The second kappa shape index (κ2) is 4.60. The standard InChI is InChI=1S/C11H12F3N3O2/c12-11(13,14)6-1-2-17(5-6)9-3-7(10(18)19)8(15)4-16-9/h3-4,6H,1-2,5,15H2,(H,18,19). The fraction of sp³-hybridized carbons (Fsp3) is 0.455. The van der Waals surface area contributed by atoms with E-state index in [1.54, 1.807) is 0 Å². The van der Waals surface area contributed by atoms with E-state index in [1.807, 2.05) is 0 Å². The van der Waals surface area contributed by atoms with E-state index >= 15 is 0 Å². The highest BCUT2D eigenvalue weighted by Gasteiger charge is 2.43. The van der Waals surface area contributed by atoms with Crippen molar-refractivity contribution in [3.8, 4) is 0 Å². The molecule has 1 aliphatic heterocycles. The van der Waals surface area contributed by atoms with Gasteiger partial charge in [0.05, 0.1) is 23.4 Å². The molecule has 1 fully saturated rings. The zero-order valence-electron chi connectivity index (χ0n) is 9.81. The number of nitrogens with two attached hydrogens (primary N) is 1. The zero-order valence-corrected chi connectivity index (χ0v) is 9.81. The lowest BCUT2D eigenvalue weighted by Gasteiger charge is -2.19. The molecule has 0 amide bonds. The Hall–Kier alpha value is -1.99. The van der Waals surface area contributed by atoms with Gasteiger partial charge in [0.1, 0.15) is 5.82 Å². The van der Waals surface area contributed by atoms with Crippen LogP contribution in [0.2, 0.25) is 0 Å². The Balaban J connectivity index is 2.20. The maximum atomic E-state index is 12.6. The average Bonchev–Trinajstić information content (AvgIpc) is 2.78. The van der Waals surface area contributed by atoms with Gasteiger partial charge in [-0.3, -0.25) is 0 Å². The number of hydrogen-bond donors (Lipinski definition) is 2. The molecule has 8 heteroatoms. The molecule has 0 aromatic carbocycles. The maximum Gasteiger partial charge on any atom is 0.393 e. The van der Waals surface area contributed by atoms with Crippen molar-refractivity contribution in [1.29, 1.82) is 0 Å². The topological polar surface area (TPSA) is 79.5 Å². The molecule has 1 aromatic heterocycles. The third kappa shape index (κ3) is 2.72. The first-order valence-corrected chi connectivity index (χ1v) is 5.59. The number of anilines is 2. The van der Waals surface area contributed by atoms with Crippen LogP contribution in [0.1, 0.15) is 16.8 Å². The molecule has 0 aliphatic carbocycles. The van der Waals surface area contributed by atoms with Crippen LogP contribution in [-0.4, -0.2) is 35.3 Å². The third-order valence-electron chi connectivity index (χ3n) is 3.13. The molecule has 1 aromatic rings. The predicted molar refractivity (Wildman–Crippen MR) is 62.0 cm³/mol. The second-order valence-corrected chi connectivity index (χ2v) is 4.41. The van der Waals surface area contributed by atoms with Gasteiger partial charge in [-0.2, -0.15) is 13.2 Å². The molecule has 0 bridgehead atoms. The van der Waals surface area contributed by atoms with E-state index in [2.05, 4.69) is 4.98 Å². The molecule has 1 atom stereocenters. The van der Waals surface area contributed by atoms with E-state index in [0.29, 0.717) is 0 Å². The van der Waals surface area contributed by atoms with Crippen LogP contribution in [0.15, 0.2) is 12.3 Å². The normalized spacial score (nSPS) is 19.7. The van der Waals surface area contributed by atoms with Crippen LogP contribution >= 0.6 is 0 Å². The number of nitrogen functional groups attached to an aromatic ring is 1. The van der Waals surface area contributed by atoms with Crippen LogP contribution in [0.4, 0.5) is 24.7 Å². The molecule has 0 saturated carbocycles. The highest BCUT2D eigenvalue weighted by molar-refractivity contribution is 5.94. The summed E-state index contributed by atoms with van der Waals surface area (Å²) in [5.41, 5.74) is 5.28. The van der Waals surface area contributed by atoms with Crippen LogP contribution in [-0.2, 0) is 0 Å². The number of hydrogen-bond acceptors (Lipinski definition) is 4. The number of pyridine rings is 1. The Morgan fingerprint density at radius 3 is 2.74 bits per heavy atom. The van der Waals surface area contributed by atoms with Crippen molar-refractivity contribution >= 4 is 17.5 Å². The average molecular weight is 275 g/mol. The second-order valence-electron chi connectivity index (χ2n) is 4.41. The van der Waals surface area contributed by atoms with Gasteiger partial charge in [-0.1, -0.05) is 0 Å². The summed E-state index contributed by atoms with van der Waals surface area (Å²) in [5, 5.41) is 8.91. The van der Waals surface area contributed by atoms with Crippen molar-refractivity contribution in [1.82, 2.24) is 4.98 Å². The number of carboxylic acids is 1. The first-order chi connectivity index (χ1) is 8.79. The van der Waals surface area contributed by atoms with E-state index in [0.717, 1.165) is 6.20 Å². The fourth-order valence-corrected chi connectivity index (χ4v) is 2.05. The summed E-state index contributed by atoms with van der Waals surface area (Å²) in [7, 11) is 0. The third-order valence-corrected chi connectivity index (χ3v) is 3.13. The van der Waals surface area contributed by atoms with Crippen molar-refractivity contribution in [3.05, 3.63) is 17.8 Å². The first kappa shape index (κ1) is 13.4. The van der Waals surface area contributed by atoms with E-state index in [9.17, 15) is 18.0 Å². The molecule has 0 spiro atoms. The molecular formula is C11H12F3N3O2. The molecular weight excluding hydrogens is 263 g/mol. The molecule has 1 saturated heterocycles. The Morgan fingerprint density at radius 1 is 1.53 bits per heavy atom. The molecule has 0 radical (unpaired) electrons. The van der Waals surface area contributed by atoms with Gasteiger partial charge in [-0.25, -0.2) is 9.78 Å². The summed E-state index contributed by atoms with van der Waals surface area (Å²) < 4.78 is 37.7. The maximum absolute atomic E-state index is 12.6. The quantitative estimate of drug-likeness (QED) is 0.859. The number of carboxylic acid groups (broad SMARTS) is 1. The molecule has 5 nitrogen and oxygen atoms in total. The van der Waals surface area contributed by atoms with Gasteiger partial charge in [0.15, 0.2) is 0 Å². The van der Waals surface area contributed by atoms with Gasteiger partial charge in [0.2, 0.25) is 0 Å². The number of halogens is 3. The van der Waals surface area contributed by atoms with Crippen molar-refractivity contribution in [2.24, 2.45) is 5.92 Å². The van der Waals surface area contributed by atoms with Gasteiger partial charge in [0, 0.05) is 13.1 Å². The lowest BCUT2D eigenvalue weighted by Crippen LogP contribution is -2.28. The summed E-state index contributed by atoms with van der Waals surface area (Å²) >= 11 is 0. The van der Waals surface area contributed by atoms with Crippen LogP contribution < -0.4 is 10.6 Å². The minimum atomic E-state index is -4.24. The van der Waals surface area contributed by atoms with Gasteiger partial charge in [-0.05, 0) is 12.5 Å². The summed E-state index contributed by atoms with van der Waals surface area (Å²) in [4.78, 5) is 16.2. The zero-order chi connectivity index (χ0) is 14.2. The first-order valence-electron chi connectivity index (χ1n) is 5.59. The van der Waals surface area contributed by atoms with Gasteiger partial charge in [0.25, 0.3) is 0 Å². The molecule has 104 valence electrons. The Kier molecular flexibility index (Phi) is 3.25. The molecule has 2 heterocycles. The minimum Gasteiger partial charge on any atom is -0.478 e. The fourth-order valence-electron chi connectivity index (χ4n) is 2.05. The van der Waals surface area contributed by atoms with Gasteiger partial charge >= 0.3 is 12.1 Å². The summed E-state index contributed by atoms with van der Waals surface area (Å²) in [6.45, 7) is -0.0143. The molecule has 1 unspecified atom stereocenters. The van der Waals surface area contributed by atoms with E-state index in [-0.39, 0.29) is 36.6 Å². The SMILES string of the molecule is Nc1cnc(N2CCC(C(F)(F)F)C2)cc1C(=O)O. The van der Waals surface area contributed by atoms with Gasteiger partial charge < -0.3 is 15.7 Å². The molecule has 19 heavy (non-hydrogen) atoms. The lowest BCUT2D eigenvalue weighted by atomic mass is 10.1. The lowest BCUT2D eigenvalue weighted by molar-refractivity contribution is -0.168. The van der Waals surface area contributed by atoms with E-state index < -0.39 is 18.1 Å². The Bertz CT molecular complexity index is 504. The van der Waals surface area contributed by atoms with Crippen molar-refractivity contribution in [3.63, 3.8) is 0 Å². The number of aromatic nitrogens is 1. The van der Waals surface area contributed by atoms with Gasteiger partial charge in [-0.15, -0.1) is 0 Å². The highest BCUT2D eigenvalue weighted by Crippen LogP contribution is 2.35. The minimum absolute atomic E-state index is 0.0113. The Morgan fingerprint density at radius 2 is 2.21 bits per heavy atom. The van der Waals surface area contributed by atoms with Crippen LogP contribution in [0.5, 0.6) is 0 Å². The van der Waals surface area contributed by atoms with Crippen molar-refractivity contribution in [2.75, 3.05) is 23.7 Å². The number of rotatable bonds is 2. The summed E-state index contributed by atoms with van der Waals surface area (Å²) in [6, 6.07) is 1.20. The Labute approximate surface area is 106 Å². The van der Waals surface area contributed by atoms with Crippen LogP contribution in [0, 0.1) is 5.92 Å². The largest absolute Gasteiger partial charge is 0.478 e. The van der Waals surface area contributed by atoms with E-state index in [4.69, 9.17) is 10.8 Å². The highest BCUT2D eigenvalue weighted by atomic mass is 19.4. The number of aromatic carboxylic acids is 1. The smallest absolute Gasteiger partial charge is 0.393 e. The summed E-state index contributed by atoms with van der Waals surface area (Å²) in [5.74, 6) is -2.42. The van der Waals surface area contributed by atoms with Crippen LogP contribution in [0.3, 0.4) is 0 Å². The molecule has 3 N–H and O–H groups in total. The number of alkyl halides is 3. The molecule has 2 rings (SSSR count). The summed E-state index contributed by atoms with van der Waals surface area (Å²) in [6.07, 6.45) is -3.10. The molecule has 1 aliphatic rings. The number of nitrogens with zero attached hydrogens (tertiary/aromatic N) is 2. The number of carbonyl (C=O) groups is 1. The van der Waals surface area contributed by atoms with Crippen molar-refractivity contribution < 1.29 is 23.1 Å². The monoisotopic (exact) mass is 275 g/mol. The van der Waals surface area contributed by atoms with Crippen molar-refractivity contribution in [2.45, 2.75) is 12.6 Å². The van der Waals surface area contributed by atoms with Crippen LogP contribution in [0.25, 0.3) is 0 Å².